The molecule has 4 N–H and O–H groups in total. The molecule has 2 aromatic rings. The van der Waals surface area contributed by atoms with Gasteiger partial charge in [0.2, 0.25) is 0 Å². The first-order chi connectivity index (χ1) is 15.4. The van der Waals surface area contributed by atoms with E-state index < -0.39 is 11.8 Å². The summed E-state index contributed by atoms with van der Waals surface area (Å²) in [4.78, 5) is 38.8. The van der Waals surface area contributed by atoms with E-state index in [2.05, 4.69) is 49.3 Å². The topological polar surface area (TPSA) is 106 Å². The minimum Gasteiger partial charge on any atom is -0.361 e. The van der Waals surface area contributed by atoms with Crippen molar-refractivity contribution < 1.29 is 14.4 Å². The first-order valence-corrected chi connectivity index (χ1v) is 10.9. The average molecular weight is 499 g/mol. The highest BCUT2D eigenvalue weighted by Crippen LogP contribution is 2.27. The highest BCUT2D eigenvalue weighted by molar-refractivity contribution is 9.10. The molecule has 166 valence electrons. The van der Waals surface area contributed by atoms with Gasteiger partial charge in [0.05, 0.1) is 5.57 Å². The number of hydrogen-bond donors (Lipinski definition) is 4. The van der Waals surface area contributed by atoms with E-state index in [9.17, 15) is 14.4 Å². The summed E-state index contributed by atoms with van der Waals surface area (Å²) in [6.07, 6.45) is 1.57. The molecule has 0 spiro atoms. The molecule has 0 atom stereocenters. The lowest BCUT2D eigenvalue weighted by Crippen LogP contribution is -2.53. The van der Waals surface area contributed by atoms with Crippen LogP contribution in [0.5, 0.6) is 0 Å². The fourth-order valence-electron chi connectivity index (χ4n) is 3.47. The number of amides is 4. The van der Waals surface area contributed by atoms with E-state index in [1.54, 1.807) is 48.7 Å². The number of hydrogen-bond acceptors (Lipinski definition) is 6. The van der Waals surface area contributed by atoms with Gasteiger partial charge in [-0.2, -0.15) is 0 Å². The quantitative estimate of drug-likeness (QED) is 0.381. The fraction of sp³-hybridized carbons (Fsp3) is 0.227. The summed E-state index contributed by atoms with van der Waals surface area (Å²) in [6, 6.07) is 12.0. The van der Waals surface area contributed by atoms with Crippen LogP contribution in [0.1, 0.15) is 15.9 Å². The lowest BCUT2D eigenvalue weighted by Gasteiger charge is -2.32. The molecule has 0 aromatic heterocycles. The van der Waals surface area contributed by atoms with Gasteiger partial charge in [-0.15, -0.1) is 0 Å². The number of piperazine rings is 1. The molecular formula is C22H23BrN6O3. The van der Waals surface area contributed by atoms with Gasteiger partial charge in [0, 0.05) is 59.4 Å². The van der Waals surface area contributed by atoms with Crippen molar-refractivity contribution in [3.63, 3.8) is 0 Å². The van der Waals surface area contributed by atoms with Crippen LogP contribution < -0.4 is 21.4 Å². The standard InChI is InChI=1S/C22H23BrN6O3/c1-28-8-10-29(11-9-28)27-22(32)25-16-5-3-15(4-6-16)24-13-19-18-12-14(23)2-7-17(18)20(30)26-21(19)31/h2-7,12-13,24H,8-11H2,1H3,(H2,25,27,32)(H,26,30,31)/b19-13-. The van der Waals surface area contributed by atoms with E-state index in [0.29, 0.717) is 22.4 Å². The number of benzene rings is 2. The zero-order valence-electron chi connectivity index (χ0n) is 17.4. The molecule has 1 saturated heterocycles. The molecule has 0 bridgehead atoms. The average Bonchev–Trinajstić information content (AvgIpc) is 2.76. The molecule has 2 aliphatic rings. The minimum atomic E-state index is -0.466. The number of anilines is 2. The Balaban J connectivity index is 1.39. The van der Waals surface area contributed by atoms with Gasteiger partial charge in [-0.3, -0.25) is 20.3 Å². The molecule has 0 saturated carbocycles. The van der Waals surface area contributed by atoms with Crippen molar-refractivity contribution in [1.82, 2.24) is 20.7 Å². The van der Waals surface area contributed by atoms with Gasteiger partial charge in [0.25, 0.3) is 11.8 Å². The van der Waals surface area contributed by atoms with Gasteiger partial charge in [0.15, 0.2) is 0 Å². The second kappa shape index (κ2) is 9.51. The van der Waals surface area contributed by atoms with E-state index in [1.165, 1.54) is 0 Å². The Morgan fingerprint density at radius 3 is 2.38 bits per heavy atom. The molecule has 32 heavy (non-hydrogen) atoms. The Labute approximate surface area is 193 Å². The Morgan fingerprint density at radius 1 is 0.969 bits per heavy atom. The fourth-order valence-corrected chi connectivity index (χ4v) is 3.83. The summed E-state index contributed by atoms with van der Waals surface area (Å²) < 4.78 is 0.773. The van der Waals surface area contributed by atoms with Gasteiger partial charge < -0.3 is 15.5 Å². The van der Waals surface area contributed by atoms with Crippen molar-refractivity contribution in [2.45, 2.75) is 0 Å². The lowest BCUT2D eigenvalue weighted by atomic mass is 9.95. The Hall–Kier alpha value is -3.21. The van der Waals surface area contributed by atoms with Crippen molar-refractivity contribution in [3.05, 3.63) is 64.3 Å². The summed E-state index contributed by atoms with van der Waals surface area (Å²) >= 11 is 3.38. The SMILES string of the molecule is CN1CCN(NC(=O)Nc2ccc(N/C=C3\C(=O)NC(=O)c4ccc(Br)cc43)cc2)CC1. The Morgan fingerprint density at radius 2 is 1.66 bits per heavy atom. The van der Waals surface area contributed by atoms with Gasteiger partial charge in [0.1, 0.15) is 0 Å². The lowest BCUT2D eigenvalue weighted by molar-refractivity contribution is -0.114. The number of likely N-dealkylation sites (N-methyl/N-ethyl adjacent to an activating group) is 1. The number of nitrogens with zero attached hydrogens (tertiary/aromatic N) is 2. The van der Waals surface area contributed by atoms with Crippen LogP contribution in [-0.2, 0) is 4.79 Å². The summed E-state index contributed by atoms with van der Waals surface area (Å²) in [7, 11) is 2.06. The van der Waals surface area contributed by atoms with Crippen LogP contribution in [0.4, 0.5) is 16.2 Å². The molecular weight excluding hydrogens is 476 g/mol. The van der Waals surface area contributed by atoms with Crippen LogP contribution >= 0.6 is 15.9 Å². The number of fused-ring (bicyclic) bond motifs is 1. The Kier molecular flexibility index (Phi) is 6.54. The van der Waals surface area contributed by atoms with Crippen LogP contribution in [0.25, 0.3) is 5.57 Å². The van der Waals surface area contributed by atoms with Gasteiger partial charge in [-0.05, 0) is 49.5 Å². The van der Waals surface area contributed by atoms with Crippen molar-refractivity contribution in [3.8, 4) is 0 Å². The third kappa shape index (κ3) is 5.16. The zero-order valence-corrected chi connectivity index (χ0v) is 19.0. The van der Waals surface area contributed by atoms with Crippen LogP contribution in [0.2, 0.25) is 0 Å². The number of rotatable bonds is 4. The van der Waals surface area contributed by atoms with Crippen molar-refractivity contribution in [1.29, 1.82) is 0 Å². The summed E-state index contributed by atoms with van der Waals surface area (Å²) in [5.41, 5.74) is 5.57. The number of carbonyl (C=O) groups is 3. The second-order valence-corrected chi connectivity index (χ2v) is 8.52. The van der Waals surface area contributed by atoms with Crippen LogP contribution in [0.3, 0.4) is 0 Å². The molecule has 2 aliphatic heterocycles. The van der Waals surface area contributed by atoms with Crippen molar-refractivity contribution >= 4 is 50.7 Å². The smallest absolute Gasteiger partial charge is 0.333 e. The minimum absolute atomic E-state index is 0.289. The molecule has 2 heterocycles. The molecule has 4 rings (SSSR count). The van der Waals surface area contributed by atoms with Gasteiger partial charge >= 0.3 is 6.03 Å². The van der Waals surface area contributed by atoms with E-state index in [0.717, 1.165) is 36.3 Å². The molecule has 0 aliphatic carbocycles. The van der Waals surface area contributed by atoms with E-state index in [-0.39, 0.29) is 6.03 Å². The van der Waals surface area contributed by atoms with E-state index in [4.69, 9.17) is 0 Å². The van der Waals surface area contributed by atoms with Crippen LogP contribution in [-0.4, -0.2) is 61.0 Å². The predicted molar refractivity (Wildman–Crippen MR) is 126 cm³/mol. The van der Waals surface area contributed by atoms with Crippen LogP contribution in [0.15, 0.2) is 53.1 Å². The molecule has 9 nitrogen and oxygen atoms in total. The largest absolute Gasteiger partial charge is 0.361 e. The number of hydrazine groups is 1. The molecule has 4 amide bonds. The van der Waals surface area contributed by atoms with E-state index in [1.807, 2.05) is 5.01 Å². The molecule has 0 unspecified atom stereocenters. The zero-order chi connectivity index (χ0) is 22.7. The normalized spacial score (nSPS) is 18.1. The number of nitrogens with one attached hydrogen (secondary N) is 4. The highest BCUT2D eigenvalue weighted by Gasteiger charge is 2.27. The third-order valence-electron chi connectivity index (χ3n) is 5.28. The molecule has 10 heteroatoms. The summed E-state index contributed by atoms with van der Waals surface area (Å²) in [5, 5.41) is 10.1. The maximum atomic E-state index is 12.3. The van der Waals surface area contributed by atoms with Crippen molar-refractivity contribution in [2.24, 2.45) is 0 Å². The van der Waals surface area contributed by atoms with Crippen molar-refractivity contribution in [2.75, 3.05) is 43.9 Å². The maximum Gasteiger partial charge on any atom is 0.333 e. The predicted octanol–water partition coefficient (Wildman–Crippen LogP) is 2.46. The van der Waals surface area contributed by atoms with Crippen LogP contribution in [0, 0.1) is 0 Å². The molecule has 2 aromatic carbocycles. The van der Waals surface area contributed by atoms with Gasteiger partial charge in [-0.1, -0.05) is 15.9 Å². The van der Waals surface area contributed by atoms with Gasteiger partial charge in [-0.25, -0.2) is 9.80 Å². The monoisotopic (exact) mass is 498 g/mol. The highest BCUT2D eigenvalue weighted by atomic mass is 79.9. The molecule has 0 radical (unpaired) electrons. The number of urea groups is 1. The summed E-state index contributed by atoms with van der Waals surface area (Å²) in [6.45, 7) is 3.37. The molecule has 1 fully saturated rings. The van der Waals surface area contributed by atoms with E-state index >= 15 is 0 Å². The Bertz CT molecular complexity index is 1080. The second-order valence-electron chi connectivity index (χ2n) is 7.61. The first kappa shape index (κ1) is 22.0. The first-order valence-electron chi connectivity index (χ1n) is 10.1. The third-order valence-corrected chi connectivity index (χ3v) is 5.77. The number of imide groups is 1. The summed E-state index contributed by atoms with van der Waals surface area (Å²) in [5.74, 6) is -0.883. The maximum absolute atomic E-state index is 12.3. The number of halogens is 1. The number of carbonyl (C=O) groups excluding carboxylic acids is 3.